The molecule has 5 nitrogen and oxygen atoms in total. The third-order valence-corrected chi connectivity index (χ3v) is 4.93. The van der Waals surface area contributed by atoms with E-state index in [4.69, 9.17) is 16.3 Å². The molecule has 0 spiro atoms. The van der Waals surface area contributed by atoms with E-state index in [1.807, 2.05) is 77.1 Å². The van der Waals surface area contributed by atoms with Gasteiger partial charge in [0.15, 0.2) is 6.61 Å². The van der Waals surface area contributed by atoms with Crippen LogP contribution in [0.15, 0.2) is 48.5 Å². The molecule has 0 radical (unpaired) electrons. The maximum Gasteiger partial charge on any atom is 0.261 e. The Morgan fingerprint density at radius 3 is 2.30 bits per heavy atom. The van der Waals surface area contributed by atoms with Gasteiger partial charge in [-0.15, -0.1) is 0 Å². The number of benzene rings is 2. The van der Waals surface area contributed by atoms with Crippen molar-refractivity contribution >= 4 is 23.4 Å². The number of halogens is 1. The van der Waals surface area contributed by atoms with Gasteiger partial charge >= 0.3 is 0 Å². The lowest BCUT2D eigenvalue weighted by Crippen LogP contribution is -2.54. The van der Waals surface area contributed by atoms with Gasteiger partial charge in [0.25, 0.3) is 5.91 Å². The fourth-order valence-electron chi connectivity index (χ4n) is 3.05. The molecular weight excluding hydrogens is 400 g/mol. The van der Waals surface area contributed by atoms with Crippen LogP contribution in [0.3, 0.4) is 0 Å². The molecule has 0 aliphatic rings. The van der Waals surface area contributed by atoms with Gasteiger partial charge in [0.2, 0.25) is 5.91 Å². The number of nitrogens with one attached hydrogen (secondary N) is 1. The summed E-state index contributed by atoms with van der Waals surface area (Å²) in [6.07, 6.45) is 0.475. The van der Waals surface area contributed by atoms with Gasteiger partial charge in [-0.1, -0.05) is 54.4 Å². The molecule has 30 heavy (non-hydrogen) atoms. The second-order valence-corrected chi connectivity index (χ2v) is 8.79. The summed E-state index contributed by atoms with van der Waals surface area (Å²) in [6.45, 7) is 9.69. The smallest absolute Gasteiger partial charge is 0.261 e. The van der Waals surface area contributed by atoms with E-state index in [0.29, 0.717) is 17.2 Å². The molecule has 1 atom stereocenters. The average molecular weight is 431 g/mol. The minimum absolute atomic E-state index is 0.160. The summed E-state index contributed by atoms with van der Waals surface area (Å²) >= 11 is 6.32. The molecular formula is C24H31ClN2O3. The number of ether oxygens (including phenoxy) is 1. The van der Waals surface area contributed by atoms with Crippen LogP contribution in [-0.2, 0) is 16.1 Å². The zero-order chi connectivity index (χ0) is 22.3. The van der Waals surface area contributed by atoms with Crippen LogP contribution in [0.5, 0.6) is 5.75 Å². The Morgan fingerprint density at radius 2 is 1.73 bits per heavy atom. The summed E-state index contributed by atoms with van der Waals surface area (Å²) in [6, 6.07) is 14.2. The molecule has 2 aromatic carbocycles. The number of nitrogens with zero attached hydrogens (tertiary/aromatic N) is 1. The number of hydrogen-bond acceptors (Lipinski definition) is 3. The highest BCUT2D eigenvalue weighted by molar-refractivity contribution is 6.31. The van der Waals surface area contributed by atoms with Crippen molar-refractivity contribution in [1.82, 2.24) is 10.2 Å². The molecule has 2 aromatic rings. The van der Waals surface area contributed by atoms with E-state index in [9.17, 15) is 9.59 Å². The van der Waals surface area contributed by atoms with Crippen molar-refractivity contribution in [1.29, 1.82) is 0 Å². The highest BCUT2D eigenvalue weighted by Gasteiger charge is 2.31. The van der Waals surface area contributed by atoms with Crippen LogP contribution in [0.1, 0.15) is 45.2 Å². The first-order valence-electron chi connectivity index (χ1n) is 10.1. The first-order chi connectivity index (χ1) is 14.1. The molecule has 1 N–H and O–H groups in total. The largest absolute Gasteiger partial charge is 0.484 e. The van der Waals surface area contributed by atoms with Crippen molar-refractivity contribution in [3.05, 3.63) is 64.7 Å². The van der Waals surface area contributed by atoms with E-state index < -0.39 is 11.6 Å². The minimum atomic E-state index is -0.630. The van der Waals surface area contributed by atoms with Crippen molar-refractivity contribution in [2.24, 2.45) is 0 Å². The molecule has 0 unspecified atom stereocenters. The molecule has 0 aliphatic carbocycles. The lowest BCUT2D eigenvalue weighted by Gasteiger charge is -2.33. The van der Waals surface area contributed by atoms with Gasteiger partial charge < -0.3 is 15.0 Å². The highest BCUT2D eigenvalue weighted by atomic mass is 35.5. The van der Waals surface area contributed by atoms with Crippen LogP contribution in [0, 0.1) is 6.92 Å². The maximum atomic E-state index is 13.1. The van der Waals surface area contributed by atoms with Gasteiger partial charge in [0, 0.05) is 17.1 Å². The standard InChI is InChI=1S/C24H31ClN2O3/c1-6-21(23(29)26-24(3,4)5)27(15-18-9-7-8-10-20(18)25)22(28)16-30-19-13-11-17(2)12-14-19/h7-14,21H,6,15-16H2,1-5H3,(H,26,29)/t21-/m0/s1. The molecule has 0 aliphatic heterocycles. The topological polar surface area (TPSA) is 58.6 Å². The highest BCUT2D eigenvalue weighted by Crippen LogP contribution is 2.20. The fourth-order valence-corrected chi connectivity index (χ4v) is 3.24. The number of rotatable bonds is 8. The third kappa shape index (κ3) is 7.06. The zero-order valence-electron chi connectivity index (χ0n) is 18.4. The van der Waals surface area contributed by atoms with Crippen LogP contribution < -0.4 is 10.1 Å². The zero-order valence-corrected chi connectivity index (χ0v) is 19.1. The monoisotopic (exact) mass is 430 g/mol. The van der Waals surface area contributed by atoms with E-state index >= 15 is 0 Å². The molecule has 0 bridgehead atoms. The van der Waals surface area contributed by atoms with E-state index in [1.165, 1.54) is 0 Å². The Balaban J connectivity index is 2.24. The van der Waals surface area contributed by atoms with Crippen molar-refractivity contribution in [2.75, 3.05) is 6.61 Å². The number of carbonyl (C=O) groups excluding carboxylic acids is 2. The molecule has 2 rings (SSSR count). The summed E-state index contributed by atoms with van der Waals surface area (Å²) in [5, 5.41) is 3.54. The molecule has 0 saturated carbocycles. The summed E-state index contributed by atoms with van der Waals surface area (Å²) in [5.41, 5.74) is 1.49. The SMILES string of the molecule is CC[C@@H](C(=O)NC(C)(C)C)N(Cc1ccccc1Cl)C(=O)COc1ccc(C)cc1. The summed E-state index contributed by atoms with van der Waals surface area (Å²) in [7, 11) is 0. The van der Waals surface area contributed by atoms with E-state index in [1.54, 1.807) is 11.0 Å². The molecule has 0 heterocycles. The van der Waals surface area contributed by atoms with E-state index in [0.717, 1.165) is 11.1 Å². The van der Waals surface area contributed by atoms with Gasteiger partial charge in [-0.2, -0.15) is 0 Å². The maximum absolute atomic E-state index is 13.1. The van der Waals surface area contributed by atoms with Gasteiger partial charge in [-0.05, 0) is 57.9 Å². The molecule has 0 fully saturated rings. The molecule has 0 aromatic heterocycles. The average Bonchev–Trinajstić information content (AvgIpc) is 2.67. The summed E-state index contributed by atoms with van der Waals surface area (Å²) < 4.78 is 5.69. The normalized spacial score (nSPS) is 12.2. The van der Waals surface area contributed by atoms with Crippen molar-refractivity contribution in [2.45, 2.75) is 59.2 Å². The van der Waals surface area contributed by atoms with Crippen LogP contribution in [0.4, 0.5) is 0 Å². The molecule has 0 saturated heterocycles. The van der Waals surface area contributed by atoms with Crippen LogP contribution in [-0.4, -0.2) is 34.9 Å². The Bertz CT molecular complexity index is 859. The Labute approximate surface area is 184 Å². The minimum Gasteiger partial charge on any atom is -0.484 e. The first kappa shape index (κ1) is 23.7. The van der Waals surface area contributed by atoms with Crippen LogP contribution in [0.2, 0.25) is 5.02 Å². The predicted octanol–water partition coefficient (Wildman–Crippen LogP) is 4.75. The molecule has 6 heteroatoms. The van der Waals surface area contributed by atoms with Gasteiger partial charge in [0.1, 0.15) is 11.8 Å². The number of carbonyl (C=O) groups is 2. The second-order valence-electron chi connectivity index (χ2n) is 8.38. The van der Waals surface area contributed by atoms with Crippen molar-refractivity contribution in [3.63, 3.8) is 0 Å². The lowest BCUT2D eigenvalue weighted by molar-refractivity contribution is -0.143. The fraction of sp³-hybridized carbons (Fsp3) is 0.417. The second kappa shape index (κ2) is 10.5. The number of amides is 2. The summed E-state index contributed by atoms with van der Waals surface area (Å²) in [4.78, 5) is 27.6. The van der Waals surface area contributed by atoms with Crippen molar-refractivity contribution < 1.29 is 14.3 Å². The molecule has 162 valence electrons. The quantitative estimate of drug-likeness (QED) is 0.657. The van der Waals surface area contributed by atoms with Gasteiger partial charge in [0.05, 0.1) is 0 Å². The van der Waals surface area contributed by atoms with Gasteiger partial charge in [-0.25, -0.2) is 0 Å². The third-order valence-electron chi connectivity index (χ3n) is 4.57. The number of hydrogen-bond donors (Lipinski definition) is 1. The predicted molar refractivity (Wildman–Crippen MR) is 121 cm³/mol. The van der Waals surface area contributed by atoms with Crippen molar-refractivity contribution in [3.8, 4) is 5.75 Å². The van der Waals surface area contributed by atoms with Crippen LogP contribution >= 0.6 is 11.6 Å². The van der Waals surface area contributed by atoms with Crippen LogP contribution in [0.25, 0.3) is 0 Å². The first-order valence-corrected chi connectivity index (χ1v) is 10.5. The van der Waals surface area contributed by atoms with E-state index in [2.05, 4.69) is 5.32 Å². The Kier molecular flexibility index (Phi) is 8.30. The van der Waals surface area contributed by atoms with Gasteiger partial charge in [-0.3, -0.25) is 9.59 Å². The Hall–Kier alpha value is -2.53. The number of aryl methyl sites for hydroxylation is 1. The Morgan fingerprint density at radius 1 is 1.10 bits per heavy atom. The summed E-state index contributed by atoms with van der Waals surface area (Å²) in [5.74, 6) is 0.144. The van der Waals surface area contributed by atoms with E-state index in [-0.39, 0.29) is 25.0 Å². The molecule has 2 amide bonds. The lowest BCUT2D eigenvalue weighted by atomic mass is 10.1.